The normalized spacial score (nSPS) is 29.4. The Bertz CT molecular complexity index is 416. The molecule has 3 heteroatoms. The fourth-order valence-corrected chi connectivity index (χ4v) is 2.31. The molecule has 94 valence electrons. The van der Waals surface area contributed by atoms with E-state index in [9.17, 15) is 5.11 Å². The van der Waals surface area contributed by atoms with E-state index in [2.05, 4.69) is 0 Å². The van der Waals surface area contributed by atoms with Crippen LogP contribution >= 0.6 is 0 Å². The number of methoxy groups -OCH3 is 1. The molecule has 0 spiro atoms. The molecule has 3 unspecified atom stereocenters. The summed E-state index contributed by atoms with van der Waals surface area (Å²) in [7, 11) is 1.66. The molecule has 0 saturated heterocycles. The van der Waals surface area contributed by atoms with Crippen LogP contribution in [-0.2, 0) is 4.74 Å². The summed E-state index contributed by atoms with van der Waals surface area (Å²) in [6.07, 6.45) is 0.00574. The topological polar surface area (TPSA) is 38.7 Å². The van der Waals surface area contributed by atoms with E-state index in [4.69, 9.17) is 9.47 Å². The molecule has 1 aromatic rings. The maximum absolute atomic E-state index is 10.2. The Morgan fingerprint density at radius 1 is 1.53 bits per heavy atom. The number of aliphatic hydroxyl groups is 1. The molecule has 3 atom stereocenters. The second-order valence-corrected chi connectivity index (χ2v) is 5.05. The molecule has 0 fully saturated rings. The van der Waals surface area contributed by atoms with Crippen molar-refractivity contribution >= 4 is 0 Å². The summed E-state index contributed by atoms with van der Waals surface area (Å²) in [6.45, 7) is 5.96. The Hall–Kier alpha value is -1.06. The number of hydrogen-bond acceptors (Lipinski definition) is 3. The Balaban J connectivity index is 2.36. The fourth-order valence-electron chi connectivity index (χ4n) is 2.31. The lowest BCUT2D eigenvalue weighted by molar-refractivity contribution is -0.0919. The zero-order valence-corrected chi connectivity index (χ0v) is 10.9. The summed E-state index contributed by atoms with van der Waals surface area (Å²) in [6, 6.07) is 5.90. The molecular formula is C14H20O3. The first kappa shape index (κ1) is 12.4. The molecule has 1 aromatic carbocycles. The lowest BCUT2D eigenvalue weighted by atomic mass is 9.86. The Kier molecular flexibility index (Phi) is 3.15. The van der Waals surface area contributed by atoms with Crippen molar-refractivity contribution in [2.24, 2.45) is 0 Å². The summed E-state index contributed by atoms with van der Waals surface area (Å²) in [5.41, 5.74) is 1.54. The Morgan fingerprint density at radius 3 is 2.88 bits per heavy atom. The minimum atomic E-state index is -0.485. The third-order valence-corrected chi connectivity index (χ3v) is 3.68. The standard InChI is InChI=1S/C14H20O3/c1-9-5-6-13-11(7-9)12(15)8-14(3,17-13)10(2)16-4/h5-7,10,12,15H,8H2,1-4H3. The molecule has 0 radical (unpaired) electrons. The number of aliphatic hydroxyl groups excluding tert-OH is 1. The van der Waals surface area contributed by atoms with E-state index >= 15 is 0 Å². The largest absolute Gasteiger partial charge is 0.484 e. The van der Waals surface area contributed by atoms with Gasteiger partial charge in [-0.05, 0) is 32.9 Å². The van der Waals surface area contributed by atoms with Crippen molar-refractivity contribution in [2.45, 2.75) is 45.0 Å². The predicted octanol–water partition coefficient (Wildman–Crippen LogP) is 2.60. The van der Waals surface area contributed by atoms with Crippen LogP contribution in [0.3, 0.4) is 0 Å². The highest BCUT2D eigenvalue weighted by molar-refractivity contribution is 5.40. The molecule has 0 amide bonds. The van der Waals surface area contributed by atoms with Crippen LogP contribution in [-0.4, -0.2) is 23.9 Å². The van der Waals surface area contributed by atoms with Gasteiger partial charge < -0.3 is 14.6 Å². The van der Waals surface area contributed by atoms with Crippen molar-refractivity contribution in [3.8, 4) is 5.75 Å². The highest BCUT2D eigenvalue weighted by Crippen LogP contribution is 2.41. The van der Waals surface area contributed by atoms with Crippen LogP contribution in [0.25, 0.3) is 0 Å². The van der Waals surface area contributed by atoms with Crippen molar-refractivity contribution < 1.29 is 14.6 Å². The quantitative estimate of drug-likeness (QED) is 0.857. The second-order valence-electron chi connectivity index (χ2n) is 5.05. The zero-order valence-electron chi connectivity index (χ0n) is 10.9. The van der Waals surface area contributed by atoms with E-state index in [-0.39, 0.29) is 6.10 Å². The van der Waals surface area contributed by atoms with Gasteiger partial charge in [-0.1, -0.05) is 11.6 Å². The molecule has 1 N–H and O–H groups in total. The van der Waals surface area contributed by atoms with Gasteiger partial charge >= 0.3 is 0 Å². The van der Waals surface area contributed by atoms with Crippen LogP contribution < -0.4 is 4.74 Å². The number of hydrogen-bond donors (Lipinski definition) is 1. The maximum Gasteiger partial charge on any atom is 0.135 e. The molecule has 2 rings (SSSR count). The third-order valence-electron chi connectivity index (χ3n) is 3.68. The van der Waals surface area contributed by atoms with E-state index in [0.717, 1.165) is 16.9 Å². The van der Waals surface area contributed by atoms with Gasteiger partial charge in [0.2, 0.25) is 0 Å². The monoisotopic (exact) mass is 236 g/mol. The van der Waals surface area contributed by atoms with E-state index in [1.165, 1.54) is 0 Å². The molecule has 0 bridgehead atoms. The van der Waals surface area contributed by atoms with Gasteiger partial charge in [0.1, 0.15) is 11.4 Å². The molecule has 17 heavy (non-hydrogen) atoms. The van der Waals surface area contributed by atoms with Gasteiger partial charge in [-0.3, -0.25) is 0 Å². The van der Waals surface area contributed by atoms with Crippen LogP contribution in [0, 0.1) is 6.92 Å². The lowest BCUT2D eigenvalue weighted by Gasteiger charge is -2.41. The highest BCUT2D eigenvalue weighted by Gasteiger charge is 2.41. The third kappa shape index (κ3) is 2.17. The number of ether oxygens (including phenoxy) is 2. The van der Waals surface area contributed by atoms with Crippen LogP contribution in [0.5, 0.6) is 5.75 Å². The number of benzene rings is 1. The van der Waals surface area contributed by atoms with E-state index in [0.29, 0.717) is 6.42 Å². The summed E-state index contributed by atoms with van der Waals surface area (Å²) in [4.78, 5) is 0. The predicted molar refractivity (Wildman–Crippen MR) is 66.3 cm³/mol. The minimum Gasteiger partial charge on any atom is -0.484 e. The van der Waals surface area contributed by atoms with Gasteiger partial charge in [0.05, 0.1) is 12.2 Å². The van der Waals surface area contributed by atoms with Crippen molar-refractivity contribution in [3.63, 3.8) is 0 Å². The van der Waals surface area contributed by atoms with Crippen LogP contribution in [0.15, 0.2) is 18.2 Å². The molecule has 0 aliphatic carbocycles. The SMILES string of the molecule is COC(C)C1(C)CC(O)c2cc(C)ccc2O1. The first-order chi connectivity index (χ1) is 7.96. The number of aryl methyl sites for hydroxylation is 1. The van der Waals surface area contributed by atoms with Crippen LogP contribution in [0.4, 0.5) is 0 Å². The van der Waals surface area contributed by atoms with Gasteiger partial charge in [0, 0.05) is 19.1 Å². The summed E-state index contributed by atoms with van der Waals surface area (Å²) >= 11 is 0. The summed E-state index contributed by atoms with van der Waals surface area (Å²) in [5.74, 6) is 0.765. The molecule has 1 aliphatic heterocycles. The second kappa shape index (κ2) is 4.31. The van der Waals surface area contributed by atoms with Gasteiger partial charge in [0.15, 0.2) is 0 Å². The van der Waals surface area contributed by atoms with E-state index < -0.39 is 11.7 Å². The summed E-state index contributed by atoms with van der Waals surface area (Å²) < 4.78 is 11.4. The number of fused-ring (bicyclic) bond motifs is 1. The maximum atomic E-state index is 10.2. The fraction of sp³-hybridized carbons (Fsp3) is 0.571. The van der Waals surface area contributed by atoms with Gasteiger partial charge in [-0.2, -0.15) is 0 Å². The van der Waals surface area contributed by atoms with E-state index in [1.54, 1.807) is 7.11 Å². The van der Waals surface area contributed by atoms with Crippen molar-refractivity contribution in [3.05, 3.63) is 29.3 Å². The molecule has 3 nitrogen and oxygen atoms in total. The molecular weight excluding hydrogens is 216 g/mol. The average molecular weight is 236 g/mol. The Morgan fingerprint density at radius 2 is 2.24 bits per heavy atom. The molecule has 0 aromatic heterocycles. The van der Waals surface area contributed by atoms with Crippen molar-refractivity contribution in [1.29, 1.82) is 0 Å². The minimum absolute atomic E-state index is 0.0633. The summed E-state index contributed by atoms with van der Waals surface area (Å²) in [5, 5.41) is 10.2. The first-order valence-electron chi connectivity index (χ1n) is 5.96. The van der Waals surface area contributed by atoms with Crippen molar-refractivity contribution in [2.75, 3.05) is 7.11 Å². The van der Waals surface area contributed by atoms with Crippen LogP contribution in [0.2, 0.25) is 0 Å². The van der Waals surface area contributed by atoms with Gasteiger partial charge in [-0.15, -0.1) is 0 Å². The zero-order chi connectivity index (χ0) is 12.6. The lowest BCUT2D eigenvalue weighted by Crippen LogP contribution is -2.47. The average Bonchev–Trinajstić information content (AvgIpc) is 2.29. The molecule has 0 saturated carbocycles. The van der Waals surface area contributed by atoms with Gasteiger partial charge in [0.25, 0.3) is 0 Å². The smallest absolute Gasteiger partial charge is 0.135 e. The highest BCUT2D eigenvalue weighted by atomic mass is 16.5. The van der Waals surface area contributed by atoms with Crippen molar-refractivity contribution in [1.82, 2.24) is 0 Å². The van der Waals surface area contributed by atoms with Gasteiger partial charge in [-0.25, -0.2) is 0 Å². The Labute approximate surface area is 102 Å². The van der Waals surface area contributed by atoms with E-state index in [1.807, 2.05) is 39.0 Å². The number of rotatable bonds is 2. The van der Waals surface area contributed by atoms with Crippen LogP contribution in [0.1, 0.15) is 37.5 Å². The molecule has 1 aliphatic rings. The molecule has 1 heterocycles. The first-order valence-corrected chi connectivity index (χ1v) is 5.96.